The van der Waals surface area contributed by atoms with Crippen molar-refractivity contribution in [1.29, 1.82) is 0 Å². The first kappa shape index (κ1) is 19.4. The molecule has 28 heavy (non-hydrogen) atoms. The van der Waals surface area contributed by atoms with Gasteiger partial charge in [-0.15, -0.1) is 0 Å². The van der Waals surface area contributed by atoms with Crippen molar-refractivity contribution >= 4 is 21.5 Å². The Morgan fingerprint density at radius 1 is 1.25 bits per heavy atom. The van der Waals surface area contributed by atoms with Crippen LogP contribution < -0.4 is 10.0 Å². The first-order valence-electron chi connectivity index (χ1n) is 9.76. The van der Waals surface area contributed by atoms with Crippen molar-refractivity contribution in [3.05, 3.63) is 35.5 Å². The first-order chi connectivity index (χ1) is 13.0. The molecule has 0 bridgehead atoms. The fourth-order valence-electron chi connectivity index (χ4n) is 4.14. The Kier molecular flexibility index (Phi) is 4.56. The number of benzene rings is 1. The highest BCUT2D eigenvalue weighted by Gasteiger charge is 2.32. The number of rotatable bonds is 3. The van der Waals surface area contributed by atoms with Crippen molar-refractivity contribution in [3.63, 3.8) is 0 Å². The molecule has 1 unspecified atom stereocenters. The zero-order chi connectivity index (χ0) is 20.3. The molecule has 152 valence electrons. The Balaban J connectivity index is 1.68. The molecule has 1 aromatic carbocycles. The maximum atomic E-state index is 12.1. The van der Waals surface area contributed by atoms with Crippen LogP contribution in [0.5, 0.6) is 0 Å². The summed E-state index contributed by atoms with van der Waals surface area (Å²) in [5.41, 5.74) is 2.37. The molecule has 8 heteroatoms. The summed E-state index contributed by atoms with van der Waals surface area (Å²) in [6.45, 7) is 8.13. The Labute approximate surface area is 166 Å². The third kappa shape index (κ3) is 3.44. The second-order valence-corrected chi connectivity index (χ2v) is 10.6. The number of hydrogen-bond donors (Lipinski definition) is 3. The SMILES string of the molecule is CC1NS(=O)(=O)c2ccc(Nc3cc([C@H]4CC[C@@H](O)C4)nn3C(C)(C)C)cc21. The largest absolute Gasteiger partial charge is 0.393 e. The molecule has 7 nitrogen and oxygen atoms in total. The maximum Gasteiger partial charge on any atom is 0.241 e. The Hall–Kier alpha value is -1.90. The lowest BCUT2D eigenvalue weighted by Gasteiger charge is -2.23. The van der Waals surface area contributed by atoms with Crippen LogP contribution in [-0.2, 0) is 15.6 Å². The Morgan fingerprint density at radius 2 is 2.00 bits per heavy atom. The number of aliphatic hydroxyl groups is 1. The fourth-order valence-corrected chi connectivity index (χ4v) is 5.66. The van der Waals surface area contributed by atoms with Crippen molar-refractivity contribution in [1.82, 2.24) is 14.5 Å². The molecule has 3 N–H and O–H groups in total. The highest BCUT2D eigenvalue weighted by Crippen LogP contribution is 2.37. The zero-order valence-corrected chi connectivity index (χ0v) is 17.5. The van der Waals surface area contributed by atoms with Crippen LogP contribution in [-0.4, -0.2) is 29.4 Å². The molecule has 1 aliphatic carbocycles. The minimum Gasteiger partial charge on any atom is -0.393 e. The minimum absolute atomic E-state index is 0.216. The maximum absolute atomic E-state index is 12.1. The van der Waals surface area contributed by atoms with Crippen LogP contribution in [0.25, 0.3) is 0 Å². The van der Waals surface area contributed by atoms with Crippen molar-refractivity contribution in [3.8, 4) is 0 Å². The van der Waals surface area contributed by atoms with E-state index in [2.05, 4.69) is 36.9 Å². The molecule has 0 spiro atoms. The first-order valence-corrected chi connectivity index (χ1v) is 11.2. The molecule has 2 aliphatic rings. The van der Waals surface area contributed by atoms with E-state index >= 15 is 0 Å². The van der Waals surface area contributed by atoms with Gasteiger partial charge in [-0.2, -0.15) is 5.10 Å². The van der Waals surface area contributed by atoms with Crippen LogP contribution in [0.15, 0.2) is 29.2 Å². The number of aromatic nitrogens is 2. The quantitative estimate of drug-likeness (QED) is 0.729. The van der Waals surface area contributed by atoms with Gasteiger partial charge in [-0.05, 0) is 70.7 Å². The molecule has 0 saturated heterocycles. The second-order valence-electron chi connectivity index (χ2n) is 8.92. The summed E-state index contributed by atoms with van der Waals surface area (Å²) in [6, 6.07) is 7.13. The third-order valence-electron chi connectivity index (χ3n) is 5.56. The molecular formula is C20H28N4O3S. The Morgan fingerprint density at radius 3 is 2.64 bits per heavy atom. The van der Waals surface area contributed by atoms with Gasteiger partial charge in [-0.25, -0.2) is 17.8 Å². The number of nitrogens with one attached hydrogen (secondary N) is 2. The van der Waals surface area contributed by atoms with Crippen LogP contribution in [0.2, 0.25) is 0 Å². The van der Waals surface area contributed by atoms with Gasteiger partial charge in [0.25, 0.3) is 0 Å². The summed E-state index contributed by atoms with van der Waals surface area (Å²) < 4.78 is 28.9. The van der Waals surface area contributed by atoms with E-state index in [1.165, 1.54) is 0 Å². The van der Waals surface area contributed by atoms with Gasteiger partial charge < -0.3 is 10.4 Å². The Bertz CT molecular complexity index is 1010. The van der Waals surface area contributed by atoms with Crippen LogP contribution in [0.1, 0.15) is 70.2 Å². The number of anilines is 2. The normalized spacial score (nSPS) is 26.4. The van der Waals surface area contributed by atoms with Gasteiger partial charge >= 0.3 is 0 Å². The minimum atomic E-state index is -3.41. The summed E-state index contributed by atoms with van der Waals surface area (Å²) in [4.78, 5) is 0.343. The van der Waals surface area contributed by atoms with Crippen LogP contribution in [0.3, 0.4) is 0 Å². The molecule has 2 heterocycles. The second kappa shape index (κ2) is 6.57. The molecule has 1 fully saturated rings. The molecule has 3 atom stereocenters. The fraction of sp³-hybridized carbons (Fsp3) is 0.550. The van der Waals surface area contributed by atoms with E-state index in [0.29, 0.717) is 4.90 Å². The van der Waals surface area contributed by atoms with Crippen molar-refractivity contribution in [2.45, 2.75) is 75.5 Å². The van der Waals surface area contributed by atoms with E-state index in [0.717, 1.165) is 42.0 Å². The van der Waals surface area contributed by atoms with Gasteiger partial charge in [-0.1, -0.05) is 0 Å². The smallest absolute Gasteiger partial charge is 0.241 e. The van der Waals surface area contributed by atoms with E-state index < -0.39 is 10.0 Å². The average molecular weight is 405 g/mol. The lowest BCUT2D eigenvalue weighted by Crippen LogP contribution is -2.24. The van der Waals surface area contributed by atoms with Crippen molar-refractivity contribution in [2.75, 3.05) is 5.32 Å². The third-order valence-corrected chi connectivity index (χ3v) is 7.17. The van der Waals surface area contributed by atoms with Crippen LogP contribution in [0, 0.1) is 0 Å². The highest BCUT2D eigenvalue weighted by atomic mass is 32.2. The van der Waals surface area contributed by atoms with E-state index in [-0.39, 0.29) is 23.6 Å². The molecule has 1 aliphatic heterocycles. The summed E-state index contributed by atoms with van der Waals surface area (Å²) >= 11 is 0. The summed E-state index contributed by atoms with van der Waals surface area (Å²) in [5.74, 6) is 1.14. The van der Waals surface area contributed by atoms with Gasteiger partial charge in [0.2, 0.25) is 10.0 Å². The summed E-state index contributed by atoms with van der Waals surface area (Å²) in [5, 5.41) is 18.2. The van der Waals surface area contributed by atoms with Crippen molar-refractivity contribution in [2.24, 2.45) is 0 Å². The summed E-state index contributed by atoms with van der Waals surface area (Å²) in [6.07, 6.45) is 2.27. The van der Waals surface area contributed by atoms with Crippen LogP contribution >= 0.6 is 0 Å². The highest BCUT2D eigenvalue weighted by molar-refractivity contribution is 7.89. The molecule has 1 saturated carbocycles. The molecule has 4 rings (SSSR count). The van der Waals surface area contributed by atoms with Crippen molar-refractivity contribution < 1.29 is 13.5 Å². The van der Waals surface area contributed by atoms with Gasteiger partial charge in [0.05, 0.1) is 22.2 Å². The standard InChI is InChI=1S/C20H28N4O3S/c1-12-16-10-14(6-8-18(16)28(26,27)23-12)21-19-11-17(13-5-7-15(25)9-13)22-24(19)20(2,3)4/h6,8,10-13,15,21,23,25H,5,7,9H2,1-4H3/t12?,13-,15+/m0/s1. The van der Waals surface area contributed by atoms with E-state index in [4.69, 9.17) is 5.10 Å². The number of nitrogens with zero attached hydrogens (tertiary/aromatic N) is 2. The number of sulfonamides is 1. The van der Waals surface area contributed by atoms with E-state index in [1.54, 1.807) is 12.1 Å². The summed E-state index contributed by atoms with van der Waals surface area (Å²) in [7, 11) is -3.41. The lowest BCUT2D eigenvalue weighted by molar-refractivity contribution is 0.181. The lowest BCUT2D eigenvalue weighted by atomic mass is 10.0. The average Bonchev–Trinajstić information content (AvgIpc) is 3.25. The molecule has 1 aromatic heterocycles. The topological polar surface area (TPSA) is 96.2 Å². The predicted octanol–water partition coefficient (Wildman–Crippen LogP) is 3.36. The van der Waals surface area contributed by atoms with Crippen LogP contribution in [0.4, 0.5) is 11.5 Å². The molecule has 0 amide bonds. The zero-order valence-electron chi connectivity index (χ0n) is 16.7. The van der Waals surface area contributed by atoms with E-state index in [9.17, 15) is 13.5 Å². The van der Waals surface area contributed by atoms with Gasteiger partial charge in [0.1, 0.15) is 5.82 Å². The number of fused-ring (bicyclic) bond motifs is 1. The predicted molar refractivity (Wildman–Crippen MR) is 108 cm³/mol. The number of hydrogen-bond acceptors (Lipinski definition) is 5. The molecule has 0 radical (unpaired) electrons. The van der Waals surface area contributed by atoms with Gasteiger partial charge in [0, 0.05) is 23.7 Å². The van der Waals surface area contributed by atoms with E-state index in [1.807, 2.05) is 17.7 Å². The number of aliphatic hydroxyl groups excluding tert-OH is 1. The molecule has 2 aromatic rings. The monoisotopic (exact) mass is 404 g/mol. The van der Waals surface area contributed by atoms with Gasteiger partial charge in [-0.3, -0.25) is 0 Å². The van der Waals surface area contributed by atoms with Gasteiger partial charge in [0.15, 0.2) is 0 Å². The molecular weight excluding hydrogens is 376 g/mol.